The number of nitrogens with zero attached hydrogens (tertiary/aromatic N) is 1. The molecule has 4 heteroatoms. The number of para-hydroxylation sites is 1. The predicted octanol–water partition coefficient (Wildman–Crippen LogP) is 6.75. The molecule has 5 aromatic rings. The monoisotopic (exact) mass is 490 g/mol. The summed E-state index contributed by atoms with van der Waals surface area (Å²) in [4.78, 5) is 0. The summed E-state index contributed by atoms with van der Waals surface area (Å²) in [5.74, 6) is 1.55. The summed E-state index contributed by atoms with van der Waals surface area (Å²) in [5, 5.41) is 4.95. The lowest BCUT2D eigenvalue weighted by Gasteiger charge is -2.10. The van der Waals surface area contributed by atoms with Crippen molar-refractivity contribution < 1.29 is 9.47 Å². The number of fused-ring (bicyclic) bond motifs is 1. The van der Waals surface area contributed by atoms with Crippen molar-refractivity contribution >= 4 is 10.9 Å². The van der Waals surface area contributed by atoms with Crippen LogP contribution < -0.4 is 14.8 Å². The molecule has 0 bridgehead atoms. The van der Waals surface area contributed by atoms with Crippen LogP contribution >= 0.6 is 0 Å². The second-order valence-electron chi connectivity index (χ2n) is 9.30. The summed E-state index contributed by atoms with van der Waals surface area (Å²) in [6.07, 6.45) is 4.26. The highest BCUT2D eigenvalue weighted by Gasteiger charge is 2.09. The average Bonchev–Trinajstić information content (AvgIpc) is 3.30. The number of hydrogen-bond acceptors (Lipinski definition) is 3. The van der Waals surface area contributed by atoms with E-state index in [0.717, 1.165) is 44.0 Å². The molecule has 1 aromatic heterocycles. The van der Waals surface area contributed by atoms with Crippen molar-refractivity contribution in [1.29, 1.82) is 0 Å². The lowest BCUT2D eigenvalue weighted by atomic mass is 10.0. The highest BCUT2D eigenvalue weighted by Crippen LogP contribution is 2.28. The van der Waals surface area contributed by atoms with E-state index < -0.39 is 0 Å². The van der Waals surface area contributed by atoms with Crippen molar-refractivity contribution in [3.63, 3.8) is 0 Å². The molecule has 0 atom stereocenters. The van der Waals surface area contributed by atoms with Crippen LogP contribution in [0.2, 0.25) is 0 Å². The highest BCUT2D eigenvalue weighted by atomic mass is 16.5. The minimum atomic E-state index is 0.766. The Hall–Kier alpha value is -4.02. The van der Waals surface area contributed by atoms with Crippen LogP contribution in [0.4, 0.5) is 0 Å². The fourth-order valence-electron chi connectivity index (χ4n) is 4.90. The van der Waals surface area contributed by atoms with E-state index in [9.17, 15) is 0 Å². The fourth-order valence-corrected chi connectivity index (χ4v) is 4.90. The molecule has 4 nitrogen and oxygen atoms in total. The first-order valence-electron chi connectivity index (χ1n) is 12.9. The van der Waals surface area contributed by atoms with Crippen LogP contribution in [0.15, 0.2) is 103 Å². The summed E-state index contributed by atoms with van der Waals surface area (Å²) in [7, 11) is 3.34. The summed E-state index contributed by atoms with van der Waals surface area (Å²) >= 11 is 0. The number of hydrogen-bond donors (Lipinski definition) is 1. The summed E-state index contributed by atoms with van der Waals surface area (Å²) in [5.41, 5.74) is 7.72. The molecule has 0 radical (unpaired) electrons. The van der Waals surface area contributed by atoms with Gasteiger partial charge >= 0.3 is 0 Å². The molecule has 4 aromatic carbocycles. The van der Waals surface area contributed by atoms with Crippen molar-refractivity contribution in [2.75, 3.05) is 27.3 Å². The van der Waals surface area contributed by atoms with Gasteiger partial charge in [-0.05, 0) is 71.9 Å². The second kappa shape index (κ2) is 11.8. The normalized spacial score (nSPS) is 11.1. The van der Waals surface area contributed by atoms with Crippen molar-refractivity contribution in [3.05, 3.63) is 120 Å². The molecule has 0 saturated carbocycles. The Bertz CT molecular complexity index is 1440. The molecule has 188 valence electrons. The van der Waals surface area contributed by atoms with E-state index in [1.807, 2.05) is 6.07 Å². The first kappa shape index (κ1) is 24.7. The van der Waals surface area contributed by atoms with Gasteiger partial charge in [-0.15, -0.1) is 0 Å². The molecule has 0 fully saturated rings. The van der Waals surface area contributed by atoms with E-state index >= 15 is 0 Å². The maximum Gasteiger partial charge on any atom is 0.160 e. The van der Waals surface area contributed by atoms with Crippen molar-refractivity contribution in [2.24, 2.45) is 0 Å². The number of ether oxygens (including phenoxy) is 2. The van der Waals surface area contributed by atoms with Crippen LogP contribution in [-0.4, -0.2) is 31.9 Å². The first-order chi connectivity index (χ1) is 18.2. The van der Waals surface area contributed by atoms with E-state index in [4.69, 9.17) is 9.47 Å². The minimum absolute atomic E-state index is 0.766. The SMILES string of the molecule is COc1ccc(CCNCCc2cn(Cc3ccc(-c4ccccc4)cc3)c3ccccc23)cc1OC. The zero-order valence-corrected chi connectivity index (χ0v) is 21.6. The maximum atomic E-state index is 5.43. The van der Waals surface area contributed by atoms with Gasteiger partial charge in [0.2, 0.25) is 0 Å². The van der Waals surface area contributed by atoms with Crippen LogP contribution in [-0.2, 0) is 19.4 Å². The van der Waals surface area contributed by atoms with E-state index in [1.54, 1.807) is 14.2 Å². The fraction of sp³-hybridized carbons (Fsp3) is 0.212. The molecular weight excluding hydrogens is 456 g/mol. The first-order valence-corrected chi connectivity index (χ1v) is 12.9. The average molecular weight is 491 g/mol. The topological polar surface area (TPSA) is 35.4 Å². The van der Waals surface area contributed by atoms with Crippen molar-refractivity contribution in [2.45, 2.75) is 19.4 Å². The molecule has 0 spiro atoms. The van der Waals surface area contributed by atoms with Gasteiger partial charge < -0.3 is 19.4 Å². The lowest BCUT2D eigenvalue weighted by molar-refractivity contribution is 0.354. The maximum absolute atomic E-state index is 5.43. The van der Waals surface area contributed by atoms with Gasteiger partial charge in [0.1, 0.15) is 0 Å². The third kappa shape index (κ3) is 5.87. The van der Waals surface area contributed by atoms with E-state index in [0.29, 0.717) is 0 Å². The Morgan fingerprint density at radius 2 is 1.32 bits per heavy atom. The van der Waals surface area contributed by atoms with E-state index in [2.05, 4.69) is 107 Å². The Morgan fingerprint density at radius 3 is 2.11 bits per heavy atom. The van der Waals surface area contributed by atoms with Crippen molar-refractivity contribution in [1.82, 2.24) is 9.88 Å². The summed E-state index contributed by atoms with van der Waals surface area (Å²) in [6.45, 7) is 2.72. The zero-order chi connectivity index (χ0) is 25.5. The molecule has 0 aliphatic heterocycles. The van der Waals surface area contributed by atoms with Gasteiger partial charge in [-0.25, -0.2) is 0 Å². The van der Waals surface area contributed by atoms with Crippen molar-refractivity contribution in [3.8, 4) is 22.6 Å². The molecule has 0 unspecified atom stereocenters. The molecule has 0 saturated heterocycles. The van der Waals surface area contributed by atoms with Crippen LogP contribution in [0.25, 0.3) is 22.0 Å². The van der Waals surface area contributed by atoms with E-state index in [-0.39, 0.29) is 0 Å². The van der Waals surface area contributed by atoms with Gasteiger partial charge in [-0.2, -0.15) is 0 Å². The standard InChI is InChI=1S/C33H34N2O2/c1-36-32-17-14-25(22-33(32)37-2)18-20-34-21-19-29-24-35(31-11-7-6-10-30(29)31)23-26-12-15-28(16-13-26)27-8-4-3-5-9-27/h3-17,22,24,34H,18-21,23H2,1-2H3. The number of aromatic nitrogens is 1. The molecule has 5 rings (SSSR count). The lowest BCUT2D eigenvalue weighted by Crippen LogP contribution is -2.20. The van der Waals surface area contributed by atoms with Gasteiger partial charge in [0, 0.05) is 23.6 Å². The molecule has 0 amide bonds. The Labute approximate surface area is 219 Å². The van der Waals surface area contributed by atoms with Gasteiger partial charge in [-0.3, -0.25) is 0 Å². The van der Waals surface area contributed by atoms with Crippen LogP contribution in [0, 0.1) is 0 Å². The molecule has 1 N–H and O–H groups in total. The smallest absolute Gasteiger partial charge is 0.160 e. The number of methoxy groups -OCH3 is 2. The third-order valence-electron chi connectivity index (χ3n) is 6.89. The summed E-state index contributed by atoms with van der Waals surface area (Å²) in [6, 6.07) is 34.3. The third-order valence-corrected chi connectivity index (χ3v) is 6.89. The van der Waals surface area contributed by atoms with Crippen LogP contribution in [0.1, 0.15) is 16.7 Å². The quantitative estimate of drug-likeness (QED) is 0.208. The Kier molecular flexibility index (Phi) is 7.87. The zero-order valence-electron chi connectivity index (χ0n) is 21.6. The van der Waals surface area contributed by atoms with Crippen LogP contribution in [0.5, 0.6) is 11.5 Å². The Balaban J connectivity index is 1.20. The second-order valence-corrected chi connectivity index (χ2v) is 9.30. The van der Waals surface area contributed by atoms with Gasteiger partial charge in [0.15, 0.2) is 11.5 Å². The van der Waals surface area contributed by atoms with Gasteiger partial charge in [0.05, 0.1) is 14.2 Å². The van der Waals surface area contributed by atoms with Gasteiger partial charge in [0.25, 0.3) is 0 Å². The van der Waals surface area contributed by atoms with Gasteiger partial charge in [-0.1, -0.05) is 78.9 Å². The number of nitrogens with one attached hydrogen (secondary N) is 1. The number of benzene rings is 4. The highest BCUT2D eigenvalue weighted by molar-refractivity contribution is 5.84. The predicted molar refractivity (Wildman–Crippen MR) is 153 cm³/mol. The Morgan fingerprint density at radius 1 is 0.649 bits per heavy atom. The van der Waals surface area contributed by atoms with Crippen LogP contribution in [0.3, 0.4) is 0 Å². The summed E-state index contributed by atoms with van der Waals surface area (Å²) < 4.78 is 13.1. The minimum Gasteiger partial charge on any atom is -0.493 e. The van der Waals surface area contributed by atoms with E-state index in [1.165, 1.54) is 38.7 Å². The molecule has 37 heavy (non-hydrogen) atoms. The molecule has 0 aliphatic rings. The molecule has 0 aliphatic carbocycles. The molecular formula is C33H34N2O2. The molecule has 1 heterocycles. The largest absolute Gasteiger partial charge is 0.493 e. The number of rotatable bonds is 11.